The first-order valence-electron chi connectivity index (χ1n) is 8.13. The van der Waals surface area contributed by atoms with Gasteiger partial charge in [-0.3, -0.25) is 9.59 Å². The van der Waals surface area contributed by atoms with Crippen molar-refractivity contribution >= 4 is 35.6 Å². The number of hydrogen-bond donors (Lipinski definition) is 3. The summed E-state index contributed by atoms with van der Waals surface area (Å²) in [5, 5.41) is 8.95. The number of piperidine rings is 1. The van der Waals surface area contributed by atoms with Crippen LogP contribution >= 0.6 is 12.4 Å². The number of aryl methyl sites for hydroxylation is 1. The van der Waals surface area contributed by atoms with Gasteiger partial charge in [0, 0.05) is 11.4 Å². The molecule has 1 aromatic heterocycles. The fourth-order valence-electron chi connectivity index (χ4n) is 2.78. The van der Waals surface area contributed by atoms with Gasteiger partial charge >= 0.3 is 0 Å². The Labute approximate surface area is 152 Å². The van der Waals surface area contributed by atoms with Crippen LogP contribution in [0.5, 0.6) is 0 Å². The Morgan fingerprint density at radius 1 is 1.20 bits per heavy atom. The molecule has 25 heavy (non-hydrogen) atoms. The predicted octanol–water partition coefficient (Wildman–Crippen LogP) is 3.34. The number of carbonyl (C=O) groups excluding carboxylic acids is 2. The number of benzene rings is 1. The summed E-state index contributed by atoms with van der Waals surface area (Å²) in [7, 11) is 0. The molecule has 0 bridgehead atoms. The first-order valence-corrected chi connectivity index (χ1v) is 8.13. The van der Waals surface area contributed by atoms with Gasteiger partial charge in [0.1, 0.15) is 0 Å². The van der Waals surface area contributed by atoms with Crippen molar-refractivity contribution in [3.05, 3.63) is 47.9 Å². The van der Waals surface area contributed by atoms with E-state index in [9.17, 15) is 9.59 Å². The lowest BCUT2D eigenvalue weighted by Crippen LogP contribution is -2.43. The van der Waals surface area contributed by atoms with Crippen molar-refractivity contribution in [3.8, 4) is 0 Å². The Kier molecular flexibility index (Phi) is 6.61. The summed E-state index contributed by atoms with van der Waals surface area (Å²) in [5.74, 6) is -0.0529. The van der Waals surface area contributed by atoms with Crippen LogP contribution in [0.25, 0.3) is 0 Å². The van der Waals surface area contributed by atoms with Crippen LogP contribution in [0.15, 0.2) is 41.0 Å². The SMILES string of the molecule is Cc1cc(NC(=O)C2CCCCN2)ccc1NC(=O)c1ccco1.Cl. The monoisotopic (exact) mass is 363 g/mol. The van der Waals surface area contributed by atoms with Crippen LogP contribution < -0.4 is 16.0 Å². The number of nitrogens with one attached hydrogen (secondary N) is 3. The van der Waals surface area contributed by atoms with Crippen LogP contribution in [0.2, 0.25) is 0 Å². The van der Waals surface area contributed by atoms with Crippen molar-refractivity contribution in [1.29, 1.82) is 0 Å². The second-order valence-corrected chi connectivity index (χ2v) is 5.95. The van der Waals surface area contributed by atoms with E-state index in [1.165, 1.54) is 6.26 Å². The molecule has 0 saturated carbocycles. The molecule has 0 spiro atoms. The zero-order valence-electron chi connectivity index (χ0n) is 14.0. The predicted molar refractivity (Wildman–Crippen MR) is 99.4 cm³/mol. The first-order chi connectivity index (χ1) is 11.6. The second kappa shape index (κ2) is 8.69. The van der Waals surface area contributed by atoms with Crippen LogP contribution in [-0.4, -0.2) is 24.4 Å². The van der Waals surface area contributed by atoms with Crippen LogP contribution in [0.1, 0.15) is 35.4 Å². The number of rotatable bonds is 4. The number of hydrogen-bond acceptors (Lipinski definition) is 4. The molecule has 2 heterocycles. The fraction of sp³-hybridized carbons (Fsp3) is 0.333. The molecule has 7 heteroatoms. The van der Waals surface area contributed by atoms with E-state index >= 15 is 0 Å². The summed E-state index contributed by atoms with van der Waals surface area (Å²) in [6.45, 7) is 2.77. The maximum Gasteiger partial charge on any atom is 0.291 e. The van der Waals surface area contributed by atoms with E-state index in [1.807, 2.05) is 13.0 Å². The highest BCUT2D eigenvalue weighted by molar-refractivity contribution is 6.03. The van der Waals surface area contributed by atoms with E-state index < -0.39 is 0 Å². The molecule has 6 nitrogen and oxygen atoms in total. The minimum absolute atomic E-state index is 0. The molecule has 2 aromatic rings. The molecule has 1 saturated heterocycles. The average molecular weight is 364 g/mol. The molecule has 3 rings (SSSR count). The third-order valence-corrected chi connectivity index (χ3v) is 4.11. The zero-order valence-corrected chi connectivity index (χ0v) is 14.8. The average Bonchev–Trinajstić information content (AvgIpc) is 3.13. The largest absolute Gasteiger partial charge is 0.459 e. The number of anilines is 2. The number of carbonyl (C=O) groups is 2. The van der Waals surface area contributed by atoms with Gasteiger partial charge in [-0.1, -0.05) is 6.42 Å². The summed E-state index contributed by atoms with van der Waals surface area (Å²) in [6.07, 6.45) is 4.51. The Hall–Kier alpha value is -2.31. The molecule has 1 fully saturated rings. The van der Waals surface area contributed by atoms with E-state index in [4.69, 9.17) is 4.42 Å². The van der Waals surface area contributed by atoms with Gasteiger partial charge < -0.3 is 20.4 Å². The second-order valence-electron chi connectivity index (χ2n) is 5.95. The lowest BCUT2D eigenvalue weighted by atomic mass is 10.0. The first kappa shape index (κ1) is 19.0. The normalized spacial score (nSPS) is 16.6. The Balaban J connectivity index is 0.00000225. The van der Waals surface area contributed by atoms with Gasteiger partial charge in [-0.25, -0.2) is 0 Å². The molecule has 0 radical (unpaired) electrons. The summed E-state index contributed by atoms with van der Waals surface area (Å²) in [6, 6.07) is 8.55. The van der Waals surface area contributed by atoms with Gasteiger partial charge in [-0.05, 0) is 62.2 Å². The lowest BCUT2D eigenvalue weighted by molar-refractivity contribution is -0.118. The van der Waals surface area contributed by atoms with Gasteiger partial charge in [-0.2, -0.15) is 0 Å². The van der Waals surface area contributed by atoms with Crippen molar-refractivity contribution in [3.63, 3.8) is 0 Å². The van der Waals surface area contributed by atoms with Crippen LogP contribution in [0, 0.1) is 6.92 Å². The van der Waals surface area contributed by atoms with Crippen LogP contribution in [0.3, 0.4) is 0 Å². The molecule has 1 unspecified atom stereocenters. The maximum atomic E-state index is 12.2. The van der Waals surface area contributed by atoms with Crippen molar-refractivity contribution in [2.45, 2.75) is 32.2 Å². The third kappa shape index (κ3) is 4.84. The molecular weight excluding hydrogens is 342 g/mol. The number of halogens is 1. The molecule has 1 aliphatic heterocycles. The minimum Gasteiger partial charge on any atom is -0.459 e. The van der Waals surface area contributed by atoms with Crippen LogP contribution in [-0.2, 0) is 4.79 Å². The fourth-order valence-corrected chi connectivity index (χ4v) is 2.78. The molecule has 1 atom stereocenters. The highest BCUT2D eigenvalue weighted by atomic mass is 35.5. The number of amides is 2. The molecular formula is C18H22ClN3O3. The molecule has 0 aliphatic carbocycles. The highest BCUT2D eigenvalue weighted by Crippen LogP contribution is 2.21. The van der Waals surface area contributed by atoms with Crippen molar-refractivity contribution in [2.75, 3.05) is 17.2 Å². The summed E-state index contributed by atoms with van der Waals surface area (Å²) in [4.78, 5) is 24.3. The maximum absolute atomic E-state index is 12.2. The van der Waals surface area contributed by atoms with Gasteiger partial charge in [0.15, 0.2) is 5.76 Å². The Bertz CT molecular complexity index is 725. The molecule has 3 N–H and O–H groups in total. The molecule has 134 valence electrons. The van der Waals surface area contributed by atoms with Gasteiger partial charge in [0.25, 0.3) is 5.91 Å². The van der Waals surface area contributed by atoms with Crippen LogP contribution in [0.4, 0.5) is 11.4 Å². The summed E-state index contributed by atoms with van der Waals surface area (Å²) in [5.41, 5.74) is 2.27. The third-order valence-electron chi connectivity index (χ3n) is 4.11. The van der Waals surface area contributed by atoms with E-state index in [-0.39, 0.29) is 36.0 Å². The molecule has 1 aromatic carbocycles. The standard InChI is InChI=1S/C18H21N3O3.ClH/c1-12-11-13(20-17(22)15-5-2-3-9-19-15)7-8-14(12)21-18(23)16-6-4-10-24-16;/h4,6-8,10-11,15,19H,2-3,5,9H2,1H3,(H,20,22)(H,21,23);1H. The number of furan rings is 1. The van der Waals surface area contributed by atoms with Crippen molar-refractivity contribution < 1.29 is 14.0 Å². The van der Waals surface area contributed by atoms with Crippen molar-refractivity contribution in [2.24, 2.45) is 0 Å². The summed E-state index contributed by atoms with van der Waals surface area (Å²) >= 11 is 0. The van der Waals surface area contributed by atoms with Crippen molar-refractivity contribution in [1.82, 2.24) is 5.32 Å². The zero-order chi connectivity index (χ0) is 16.9. The van der Waals surface area contributed by atoms with E-state index in [2.05, 4.69) is 16.0 Å². The Morgan fingerprint density at radius 2 is 2.04 bits per heavy atom. The lowest BCUT2D eigenvalue weighted by Gasteiger charge is -2.22. The molecule has 2 amide bonds. The topological polar surface area (TPSA) is 83.4 Å². The molecule has 1 aliphatic rings. The van der Waals surface area contributed by atoms with Gasteiger partial charge in [0.2, 0.25) is 5.91 Å². The van der Waals surface area contributed by atoms with E-state index in [1.54, 1.807) is 24.3 Å². The smallest absolute Gasteiger partial charge is 0.291 e. The Morgan fingerprint density at radius 3 is 2.68 bits per heavy atom. The highest BCUT2D eigenvalue weighted by Gasteiger charge is 2.20. The van der Waals surface area contributed by atoms with E-state index in [0.717, 1.165) is 37.1 Å². The van der Waals surface area contributed by atoms with E-state index in [0.29, 0.717) is 5.69 Å². The van der Waals surface area contributed by atoms with Gasteiger partial charge in [0.05, 0.1) is 12.3 Å². The quantitative estimate of drug-likeness (QED) is 0.777. The summed E-state index contributed by atoms with van der Waals surface area (Å²) < 4.78 is 5.07. The minimum atomic E-state index is -0.300. The van der Waals surface area contributed by atoms with Gasteiger partial charge in [-0.15, -0.1) is 12.4 Å².